The van der Waals surface area contributed by atoms with E-state index in [1.165, 1.54) is 33.0 Å². The fourth-order valence-corrected chi connectivity index (χ4v) is 3.58. The maximum absolute atomic E-state index is 13.6. The Kier molecular flexibility index (Phi) is 6.39. The van der Waals surface area contributed by atoms with Crippen molar-refractivity contribution in [2.24, 2.45) is 0 Å². The molecule has 0 amide bonds. The molecule has 3 rings (SSSR count). The lowest BCUT2D eigenvalue weighted by molar-refractivity contribution is 0.0527. The highest BCUT2D eigenvalue weighted by Crippen LogP contribution is 2.39. The van der Waals surface area contributed by atoms with Gasteiger partial charge >= 0.3 is 5.97 Å². The van der Waals surface area contributed by atoms with Gasteiger partial charge < -0.3 is 23.7 Å². The van der Waals surface area contributed by atoms with Crippen LogP contribution in [0, 0.1) is 6.92 Å². The minimum atomic E-state index is -0.505. The summed E-state index contributed by atoms with van der Waals surface area (Å²) >= 11 is 0. The van der Waals surface area contributed by atoms with Crippen LogP contribution in [0.25, 0.3) is 10.9 Å². The second-order valence-electron chi connectivity index (χ2n) is 6.62. The summed E-state index contributed by atoms with van der Waals surface area (Å²) in [4.78, 5) is 26.3. The van der Waals surface area contributed by atoms with Gasteiger partial charge in [-0.3, -0.25) is 9.36 Å². The van der Waals surface area contributed by atoms with E-state index >= 15 is 0 Å². The van der Waals surface area contributed by atoms with Gasteiger partial charge in [-0.1, -0.05) is 0 Å². The number of ether oxygens (including phenoxy) is 5. The molecule has 0 fully saturated rings. The van der Waals surface area contributed by atoms with Gasteiger partial charge in [0.15, 0.2) is 11.5 Å². The van der Waals surface area contributed by atoms with Crippen LogP contribution in [0.1, 0.15) is 33.3 Å². The molecule has 0 saturated heterocycles. The molecule has 1 aromatic heterocycles. The van der Waals surface area contributed by atoms with Gasteiger partial charge in [-0.05, 0) is 44.2 Å². The predicted octanol–water partition coefficient (Wildman–Crippen LogP) is 3.85. The largest absolute Gasteiger partial charge is 0.497 e. The molecular weight excluding hydrogens is 402 g/mol. The molecule has 164 valence electrons. The Morgan fingerprint density at radius 3 is 2.06 bits per heavy atom. The van der Waals surface area contributed by atoms with Gasteiger partial charge in [0.25, 0.3) is 5.91 Å². The van der Waals surface area contributed by atoms with Gasteiger partial charge in [-0.15, -0.1) is 0 Å². The average Bonchev–Trinajstić information content (AvgIpc) is 3.08. The van der Waals surface area contributed by atoms with Crippen LogP contribution >= 0.6 is 0 Å². The van der Waals surface area contributed by atoms with Crippen molar-refractivity contribution in [2.45, 2.75) is 13.8 Å². The van der Waals surface area contributed by atoms with Crippen LogP contribution in [0.2, 0.25) is 0 Å². The van der Waals surface area contributed by atoms with Crippen molar-refractivity contribution in [1.82, 2.24) is 4.57 Å². The number of hydrogen-bond donors (Lipinski definition) is 0. The van der Waals surface area contributed by atoms with E-state index < -0.39 is 5.97 Å². The second kappa shape index (κ2) is 8.99. The molecule has 0 bridgehead atoms. The second-order valence-corrected chi connectivity index (χ2v) is 6.62. The molecule has 1 heterocycles. The molecule has 2 aromatic carbocycles. The average molecular weight is 427 g/mol. The van der Waals surface area contributed by atoms with Gasteiger partial charge in [0, 0.05) is 16.6 Å². The summed E-state index contributed by atoms with van der Waals surface area (Å²) in [5, 5.41) is 0.566. The van der Waals surface area contributed by atoms with Crippen molar-refractivity contribution in [3.05, 3.63) is 47.2 Å². The van der Waals surface area contributed by atoms with E-state index in [4.69, 9.17) is 23.7 Å². The molecule has 8 heteroatoms. The van der Waals surface area contributed by atoms with E-state index in [1.807, 2.05) is 0 Å². The topological polar surface area (TPSA) is 85.2 Å². The third kappa shape index (κ3) is 3.76. The Balaban J connectivity index is 2.27. The van der Waals surface area contributed by atoms with Crippen molar-refractivity contribution in [3.8, 4) is 23.0 Å². The maximum atomic E-state index is 13.6. The molecule has 0 N–H and O–H groups in total. The lowest BCUT2D eigenvalue weighted by Gasteiger charge is -2.15. The highest BCUT2D eigenvalue weighted by molar-refractivity contribution is 6.12. The number of rotatable bonds is 7. The van der Waals surface area contributed by atoms with Crippen molar-refractivity contribution < 1.29 is 33.3 Å². The lowest BCUT2D eigenvalue weighted by Crippen LogP contribution is -2.15. The van der Waals surface area contributed by atoms with Crippen molar-refractivity contribution in [1.29, 1.82) is 0 Å². The number of nitrogens with zero attached hydrogens (tertiary/aromatic N) is 1. The Morgan fingerprint density at radius 1 is 0.903 bits per heavy atom. The molecule has 8 nitrogen and oxygen atoms in total. The van der Waals surface area contributed by atoms with Crippen LogP contribution in [0.4, 0.5) is 0 Å². The summed E-state index contributed by atoms with van der Waals surface area (Å²) in [5.74, 6) is 0.790. The molecule has 0 aliphatic heterocycles. The Labute approximate surface area is 180 Å². The van der Waals surface area contributed by atoms with Gasteiger partial charge in [0.1, 0.15) is 5.75 Å². The van der Waals surface area contributed by atoms with E-state index in [-0.39, 0.29) is 12.5 Å². The molecule has 0 radical (unpaired) electrons. The van der Waals surface area contributed by atoms with Gasteiger partial charge in [-0.25, -0.2) is 4.79 Å². The molecule has 0 unspecified atom stereocenters. The van der Waals surface area contributed by atoms with Crippen LogP contribution in [0.3, 0.4) is 0 Å². The van der Waals surface area contributed by atoms with Crippen LogP contribution in [-0.4, -0.2) is 51.5 Å². The lowest BCUT2D eigenvalue weighted by atomic mass is 10.1. The van der Waals surface area contributed by atoms with E-state index in [1.54, 1.807) is 44.2 Å². The number of esters is 1. The number of methoxy groups -OCH3 is 4. The summed E-state index contributed by atoms with van der Waals surface area (Å²) in [6, 6.07) is 8.33. The molecule has 0 saturated carbocycles. The highest BCUT2D eigenvalue weighted by Gasteiger charge is 2.26. The third-order valence-corrected chi connectivity index (χ3v) is 5.01. The number of hydrogen-bond acceptors (Lipinski definition) is 7. The van der Waals surface area contributed by atoms with Crippen LogP contribution in [0.5, 0.6) is 23.0 Å². The van der Waals surface area contributed by atoms with Crippen molar-refractivity contribution >= 4 is 22.8 Å². The van der Waals surface area contributed by atoms with Gasteiger partial charge in [-0.2, -0.15) is 0 Å². The molecule has 0 aliphatic rings. The first-order valence-corrected chi connectivity index (χ1v) is 9.62. The third-order valence-electron chi connectivity index (χ3n) is 5.01. The van der Waals surface area contributed by atoms with Crippen LogP contribution < -0.4 is 18.9 Å². The minimum Gasteiger partial charge on any atom is -0.497 e. The number of fused-ring (bicyclic) bond motifs is 1. The summed E-state index contributed by atoms with van der Waals surface area (Å²) in [6.07, 6.45) is 0. The molecule has 31 heavy (non-hydrogen) atoms. The highest BCUT2D eigenvalue weighted by atomic mass is 16.5. The van der Waals surface area contributed by atoms with Crippen molar-refractivity contribution in [3.63, 3.8) is 0 Å². The molecule has 0 aliphatic carbocycles. The number of carbonyl (C=O) groups excluding carboxylic acids is 2. The summed E-state index contributed by atoms with van der Waals surface area (Å²) in [5.41, 5.74) is 1.64. The molecular formula is C23H25NO7. The van der Waals surface area contributed by atoms with E-state index in [2.05, 4.69) is 0 Å². The zero-order valence-corrected chi connectivity index (χ0v) is 18.4. The predicted molar refractivity (Wildman–Crippen MR) is 115 cm³/mol. The Hall–Kier alpha value is -3.68. The Bertz CT molecular complexity index is 1120. The zero-order valence-electron chi connectivity index (χ0n) is 18.4. The molecule has 3 aromatic rings. The SMILES string of the molecule is CCOC(=O)c1c(C)n(C(=O)c2cc(OC)c(OC)c(OC)c2)c2ccc(OC)cc12. The smallest absolute Gasteiger partial charge is 0.340 e. The quantitative estimate of drug-likeness (QED) is 0.530. The number of aromatic nitrogens is 1. The fraction of sp³-hybridized carbons (Fsp3) is 0.304. The first kappa shape index (κ1) is 22.0. The summed E-state index contributed by atoms with van der Waals surface area (Å²) in [6.45, 7) is 3.65. The number of carbonyl (C=O) groups is 2. The first-order valence-electron chi connectivity index (χ1n) is 9.62. The molecule has 0 atom stereocenters. The first-order chi connectivity index (χ1) is 14.9. The van der Waals surface area contributed by atoms with E-state index in [9.17, 15) is 9.59 Å². The van der Waals surface area contributed by atoms with E-state index in [0.29, 0.717) is 50.7 Å². The zero-order chi connectivity index (χ0) is 22.7. The summed E-state index contributed by atoms with van der Waals surface area (Å²) in [7, 11) is 5.99. The summed E-state index contributed by atoms with van der Waals surface area (Å²) < 4.78 is 28.1. The Morgan fingerprint density at radius 2 is 1.55 bits per heavy atom. The van der Waals surface area contributed by atoms with E-state index in [0.717, 1.165) is 0 Å². The monoisotopic (exact) mass is 427 g/mol. The number of benzene rings is 2. The van der Waals surface area contributed by atoms with Crippen LogP contribution in [-0.2, 0) is 4.74 Å². The van der Waals surface area contributed by atoms with Crippen LogP contribution in [0.15, 0.2) is 30.3 Å². The fourth-order valence-electron chi connectivity index (χ4n) is 3.58. The normalized spacial score (nSPS) is 10.6. The maximum Gasteiger partial charge on any atom is 0.340 e. The van der Waals surface area contributed by atoms with Gasteiger partial charge in [0.05, 0.1) is 46.1 Å². The minimum absolute atomic E-state index is 0.218. The van der Waals surface area contributed by atoms with Crippen molar-refractivity contribution in [2.75, 3.05) is 35.0 Å². The van der Waals surface area contributed by atoms with Gasteiger partial charge in [0.2, 0.25) is 5.75 Å². The standard InChI is InChI=1S/C23H25NO7/c1-7-31-23(26)20-13(2)24(17-9-8-15(27-3)12-16(17)20)22(25)14-10-18(28-4)21(30-6)19(11-14)29-5/h8-12H,7H2,1-6H3. The molecule has 0 spiro atoms.